The van der Waals surface area contributed by atoms with Gasteiger partial charge in [0, 0.05) is 28.7 Å². The second kappa shape index (κ2) is 9.43. The van der Waals surface area contributed by atoms with E-state index in [0.717, 1.165) is 6.07 Å². The number of benzene rings is 3. The van der Waals surface area contributed by atoms with Crippen LogP contribution in [0, 0.1) is 17.7 Å². The van der Waals surface area contributed by atoms with Crippen molar-refractivity contribution in [2.75, 3.05) is 5.32 Å². The Kier molecular flexibility index (Phi) is 6.35. The van der Waals surface area contributed by atoms with E-state index in [1.165, 1.54) is 42.5 Å². The van der Waals surface area contributed by atoms with Gasteiger partial charge in [0.05, 0.1) is 11.1 Å². The number of ether oxygens (including phenoxy) is 1. The quantitative estimate of drug-likeness (QED) is 0.239. The van der Waals surface area contributed by atoms with Gasteiger partial charge in [0.15, 0.2) is 0 Å². The third-order valence-electron chi connectivity index (χ3n) is 6.91. The fourth-order valence-corrected chi connectivity index (χ4v) is 4.64. The van der Waals surface area contributed by atoms with Crippen LogP contribution in [-0.4, -0.2) is 27.7 Å². The first-order chi connectivity index (χ1) is 18.4. The minimum absolute atomic E-state index is 0.0146. The van der Waals surface area contributed by atoms with E-state index in [0.29, 0.717) is 28.8 Å². The molecule has 10 heteroatoms. The first-order valence-corrected chi connectivity index (χ1v) is 11.9. The molecule has 6 nitrogen and oxygen atoms in total. The smallest absolute Gasteiger partial charge is 0.416 e. The van der Waals surface area contributed by atoms with E-state index < -0.39 is 46.9 Å². The van der Waals surface area contributed by atoms with Crippen molar-refractivity contribution in [3.05, 3.63) is 94.3 Å². The van der Waals surface area contributed by atoms with Gasteiger partial charge in [0.2, 0.25) is 5.60 Å². The zero-order chi connectivity index (χ0) is 28.0. The van der Waals surface area contributed by atoms with Crippen LogP contribution in [0.15, 0.2) is 60.7 Å². The predicted octanol–water partition coefficient (Wildman–Crippen LogP) is 5.06. The maximum absolute atomic E-state index is 14.8. The Hall–Kier alpha value is -4.36. The lowest BCUT2D eigenvalue weighted by atomic mass is 9.81. The molecule has 1 aliphatic heterocycles. The summed E-state index contributed by atoms with van der Waals surface area (Å²) >= 11 is 0. The Morgan fingerprint density at radius 3 is 2.44 bits per heavy atom. The van der Waals surface area contributed by atoms with Gasteiger partial charge in [-0.25, -0.2) is 9.18 Å². The molecule has 0 spiro atoms. The first kappa shape index (κ1) is 26.3. The standard InChI is InChI=1S/C29H21F4NO5/c30-24-8-3-19(29(31,32)33)14-23(24)27(11-12-27)16-28(38,10-9-17-1-5-21(35)6-2-17)26(37)34-20-4-7-22-18(13-20)15-39-25(22)36/h1-8,13-14,35,38H,11-12,15-16H2,(H,34,37). The molecule has 0 bridgehead atoms. The van der Waals surface area contributed by atoms with Crippen molar-refractivity contribution >= 4 is 17.6 Å². The summed E-state index contributed by atoms with van der Waals surface area (Å²) in [6.45, 7) is 0.0146. The number of phenolic OH excluding ortho intramolecular Hbond substituents is 1. The van der Waals surface area contributed by atoms with Gasteiger partial charge >= 0.3 is 12.1 Å². The van der Waals surface area contributed by atoms with Gasteiger partial charge in [0.1, 0.15) is 18.2 Å². The molecule has 3 aromatic carbocycles. The van der Waals surface area contributed by atoms with Crippen LogP contribution in [0.25, 0.3) is 0 Å². The summed E-state index contributed by atoms with van der Waals surface area (Å²) in [5.74, 6) is 2.82. The van der Waals surface area contributed by atoms with Crippen molar-refractivity contribution in [1.82, 2.24) is 0 Å². The average molecular weight is 539 g/mol. The molecule has 5 rings (SSSR count). The molecule has 1 saturated carbocycles. The summed E-state index contributed by atoms with van der Waals surface area (Å²) in [6, 6.07) is 12.1. The lowest BCUT2D eigenvalue weighted by Crippen LogP contribution is -2.44. The molecular formula is C29H21F4NO5. The maximum atomic E-state index is 14.8. The van der Waals surface area contributed by atoms with Crippen molar-refractivity contribution in [3.8, 4) is 17.6 Å². The second-order valence-electron chi connectivity index (χ2n) is 9.71. The normalized spacial score (nSPS) is 16.8. The van der Waals surface area contributed by atoms with Gasteiger partial charge in [-0.1, -0.05) is 11.8 Å². The van der Waals surface area contributed by atoms with Crippen LogP contribution in [0.3, 0.4) is 0 Å². The van der Waals surface area contributed by atoms with Gasteiger partial charge < -0.3 is 20.3 Å². The van der Waals surface area contributed by atoms with Crippen molar-refractivity contribution < 1.29 is 42.1 Å². The van der Waals surface area contributed by atoms with E-state index in [1.54, 1.807) is 0 Å². The molecule has 0 aromatic heterocycles. The number of carbonyl (C=O) groups is 2. The van der Waals surface area contributed by atoms with Crippen LogP contribution in [0.4, 0.5) is 23.2 Å². The second-order valence-corrected chi connectivity index (χ2v) is 9.71. The number of aromatic hydroxyl groups is 1. The number of cyclic esters (lactones) is 1. The van der Waals surface area contributed by atoms with Crippen LogP contribution in [0.2, 0.25) is 0 Å². The summed E-state index contributed by atoms with van der Waals surface area (Å²) in [6.07, 6.45) is -4.70. The number of anilines is 1. The molecule has 1 fully saturated rings. The van der Waals surface area contributed by atoms with Crippen LogP contribution >= 0.6 is 0 Å². The first-order valence-electron chi connectivity index (χ1n) is 11.9. The van der Waals surface area contributed by atoms with Crippen LogP contribution in [0.1, 0.15) is 51.9 Å². The molecule has 200 valence electrons. The number of fused-ring (bicyclic) bond motifs is 1. The van der Waals surface area contributed by atoms with Crippen molar-refractivity contribution in [1.29, 1.82) is 0 Å². The van der Waals surface area contributed by atoms with E-state index in [-0.39, 0.29) is 36.4 Å². The highest BCUT2D eigenvalue weighted by Gasteiger charge is 2.54. The molecule has 1 amide bonds. The number of alkyl halides is 3. The van der Waals surface area contributed by atoms with Crippen molar-refractivity contribution in [2.45, 2.75) is 43.1 Å². The Labute approximate surface area is 220 Å². The molecule has 1 atom stereocenters. The predicted molar refractivity (Wildman–Crippen MR) is 131 cm³/mol. The Morgan fingerprint density at radius 1 is 1.05 bits per heavy atom. The Morgan fingerprint density at radius 2 is 1.77 bits per heavy atom. The lowest BCUT2D eigenvalue weighted by Gasteiger charge is -2.28. The molecule has 1 unspecified atom stereocenters. The number of hydrogen-bond donors (Lipinski definition) is 3. The van der Waals surface area contributed by atoms with Crippen molar-refractivity contribution in [3.63, 3.8) is 0 Å². The van der Waals surface area contributed by atoms with Gasteiger partial charge in [-0.2, -0.15) is 13.2 Å². The lowest BCUT2D eigenvalue weighted by molar-refractivity contribution is -0.137. The molecule has 3 N–H and O–H groups in total. The summed E-state index contributed by atoms with van der Waals surface area (Å²) in [7, 11) is 0. The topological polar surface area (TPSA) is 95.9 Å². The number of halogens is 4. The third kappa shape index (κ3) is 5.31. The molecular weight excluding hydrogens is 518 g/mol. The van der Waals surface area contributed by atoms with E-state index in [4.69, 9.17) is 4.74 Å². The third-order valence-corrected chi connectivity index (χ3v) is 6.91. The average Bonchev–Trinajstić information content (AvgIpc) is 3.57. The zero-order valence-electron chi connectivity index (χ0n) is 20.2. The Bertz CT molecular complexity index is 1530. The zero-order valence-corrected chi connectivity index (χ0v) is 20.2. The van der Waals surface area contributed by atoms with Gasteiger partial charge in [-0.15, -0.1) is 0 Å². The van der Waals surface area contributed by atoms with Crippen LogP contribution in [0.5, 0.6) is 5.75 Å². The molecule has 39 heavy (non-hydrogen) atoms. The number of esters is 1. The number of aliphatic hydroxyl groups is 1. The van der Waals surface area contributed by atoms with Gasteiger partial charge in [-0.3, -0.25) is 4.79 Å². The molecule has 2 aliphatic rings. The van der Waals surface area contributed by atoms with E-state index >= 15 is 0 Å². The van der Waals surface area contributed by atoms with Crippen LogP contribution in [-0.2, 0) is 27.7 Å². The number of phenols is 1. The number of nitrogens with one attached hydrogen (secondary N) is 1. The summed E-state index contributed by atoms with van der Waals surface area (Å²) < 4.78 is 59.9. The highest BCUT2D eigenvalue weighted by molar-refractivity contribution is 6.01. The number of amides is 1. The minimum Gasteiger partial charge on any atom is -0.508 e. The highest BCUT2D eigenvalue weighted by Crippen LogP contribution is 2.55. The molecule has 0 saturated heterocycles. The van der Waals surface area contributed by atoms with Crippen LogP contribution < -0.4 is 5.32 Å². The number of hydrogen-bond acceptors (Lipinski definition) is 5. The summed E-state index contributed by atoms with van der Waals surface area (Å²) in [5, 5.41) is 23.6. The van der Waals surface area contributed by atoms with E-state index in [9.17, 15) is 37.4 Å². The maximum Gasteiger partial charge on any atom is 0.416 e. The number of rotatable bonds is 5. The number of carbonyl (C=O) groups excluding carboxylic acids is 2. The molecule has 0 radical (unpaired) electrons. The fraction of sp³-hybridized carbons (Fsp3) is 0.241. The van der Waals surface area contributed by atoms with E-state index in [1.807, 2.05) is 0 Å². The monoisotopic (exact) mass is 539 g/mol. The SMILES string of the molecule is O=C1OCc2cc(NC(=O)C(O)(C#Cc3ccc(O)cc3)CC3(c4cc(C(F)(F)F)ccc4F)CC3)ccc21. The summed E-state index contributed by atoms with van der Waals surface area (Å²) in [4.78, 5) is 25.2. The largest absolute Gasteiger partial charge is 0.508 e. The minimum atomic E-state index is -4.70. The molecule has 3 aromatic rings. The van der Waals surface area contributed by atoms with Gasteiger partial charge in [0.25, 0.3) is 5.91 Å². The Balaban J connectivity index is 1.50. The van der Waals surface area contributed by atoms with E-state index in [2.05, 4.69) is 17.2 Å². The van der Waals surface area contributed by atoms with Gasteiger partial charge in [-0.05, 0) is 79.1 Å². The molecule has 1 heterocycles. The van der Waals surface area contributed by atoms with Crippen molar-refractivity contribution in [2.24, 2.45) is 0 Å². The highest BCUT2D eigenvalue weighted by atomic mass is 19.4. The summed E-state index contributed by atoms with van der Waals surface area (Å²) in [5.41, 5.74) is -3.53. The molecule has 1 aliphatic carbocycles. The fourth-order valence-electron chi connectivity index (χ4n) is 4.64.